The Morgan fingerprint density at radius 1 is 0.333 bits per heavy atom. The Balaban J connectivity index is 4.42. The maximum Gasteiger partial charge on any atom is 0.306 e. The molecule has 0 aliphatic carbocycles. The second-order valence-corrected chi connectivity index (χ2v) is 17.8. The summed E-state index contributed by atoms with van der Waals surface area (Å²) < 4.78 is 16.8. The van der Waals surface area contributed by atoms with Crippen molar-refractivity contribution in [3.05, 3.63) is 60.8 Å². The van der Waals surface area contributed by atoms with Gasteiger partial charge in [-0.05, 0) is 57.8 Å². The standard InChI is InChI=1S/C57H100O6/c1-4-7-10-13-16-19-22-24-26-28-30-32-35-38-41-44-47-50-56(59)62-53-54(52-61-55(58)49-46-43-40-37-34-21-18-15-12-9-6-3)63-57(60)51-48-45-42-39-36-33-31-29-27-25-23-20-17-14-11-8-5-2/h7,10,16,19,24,26,30,32,38,41,54H,4-6,8-9,11-15,17-18,20-23,25,27-29,31,33-37,39-40,42-53H2,1-3H3/b10-7-,19-16-,26-24-,32-30-,41-38-/t54-/m1/s1. The highest BCUT2D eigenvalue weighted by Gasteiger charge is 2.19. The summed E-state index contributed by atoms with van der Waals surface area (Å²) in [6.07, 6.45) is 63.5. The molecule has 0 saturated carbocycles. The smallest absolute Gasteiger partial charge is 0.306 e. The van der Waals surface area contributed by atoms with Crippen LogP contribution >= 0.6 is 0 Å². The lowest BCUT2D eigenvalue weighted by Gasteiger charge is -2.18. The largest absolute Gasteiger partial charge is 0.462 e. The lowest BCUT2D eigenvalue weighted by Crippen LogP contribution is -2.30. The van der Waals surface area contributed by atoms with Crippen molar-refractivity contribution in [2.24, 2.45) is 0 Å². The van der Waals surface area contributed by atoms with Crippen molar-refractivity contribution >= 4 is 17.9 Å². The molecule has 0 heterocycles. The van der Waals surface area contributed by atoms with E-state index < -0.39 is 6.10 Å². The van der Waals surface area contributed by atoms with Crippen molar-refractivity contribution in [3.63, 3.8) is 0 Å². The normalized spacial score (nSPS) is 12.5. The Bertz CT molecular complexity index is 1150. The Morgan fingerprint density at radius 3 is 0.968 bits per heavy atom. The first kappa shape index (κ1) is 60.1. The maximum absolute atomic E-state index is 12.8. The summed E-state index contributed by atoms with van der Waals surface area (Å²) in [5, 5.41) is 0. The molecular formula is C57H100O6. The fraction of sp³-hybridized carbons (Fsp3) is 0.772. The minimum absolute atomic E-state index is 0.0883. The van der Waals surface area contributed by atoms with Crippen LogP contribution in [0.5, 0.6) is 0 Å². The molecule has 0 rings (SSSR count). The van der Waals surface area contributed by atoms with Crippen LogP contribution in [0.2, 0.25) is 0 Å². The Hall–Kier alpha value is -2.89. The van der Waals surface area contributed by atoms with E-state index >= 15 is 0 Å². The van der Waals surface area contributed by atoms with Crippen LogP contribution < -0.4 is 0 Å². The van der Waals surface area contributed by atoms with E-state index in [9.17, 15) is 14.4 Å². The van der Waals surface area contributed by atoms with E-state index in [0.29, 0.717) is 19.3 Å². The predicted molar refractivity (Wildman–Crippen MR) is 270 cm³/mol. The number of rotatable bonds is 48. The molecule has 1 atom stereocenters. The van der Waals surface area contributed by atoms with Gasteiger partial charge in [-0.3, -0.25) is 14.4 Å². The molecule has 0 aliphatic heterocycles. The molecule has 0 amide bonds. The Labute approximate surface area is 390 Å². The van der Waals surface area contributed by atoms with E-state index in [4.69, 9.17) is 14.2 Å². The molecule has 0 aromatic rings. The zero-order valence-electron chi connectivity index (χ0n) is 41.6. The molecule has 0 aromatic heterocycles. The van der Waals surface area contributed by atoms with Crippen molar-refractivity contribution in [3.8, 4) is 0 Å². The zero-order valence-corrected chi connectivity index (χ0v) is 41.6. The van der Waals surface area contributed by atoms with Gasteiger partial charge >= 0.3 is 17.9 Å². The molecule has 0 N–H and O–H groups in total. The van der Waals surface area contributed by atoms with E-state index in [2.05, 4.69) is 81.5 Å². The summed E-state index contributed by atoms with van der Waals surface area (Å²) >= 11 is 0. The van der Waals surface area contributed by atoms with Gasteiger partial charge in [0.15, 0.2) is 6.10 Å². The molecule has 364 valence electrons. The average Bonchev–Trinajstić information content (AvgIpc) is 3.28. The summed E-state index contributed by atoms with van der Waals surface area (Å²) in [5.74, 6) is -0.941. The van der Waals surface area contributed by atoms with Crippen molar-refractivity contribution < 1.29 is 28.6 Å². The van der Waals surface area contributed by atoms with Gasteiger partial charge in [-0.25, -0.2) is 0 Å². The van der Waals surface area contributed by atoms with Crippen LogP contribution in [0, 0.1) is 0 Å². The van der Waals surface area contributed by atoms with Gasteiger partial charge in [0.25, 0.3) is 0 Å². The fourth-order valence-electron chi connectivity index (χ4n) is 7.54. The number of carbonyl (C=O) groups excluding carboxylic acids is 3. The first-order valence-corrected chi connectivity index (χ1v) is 26.8. The van der Waals surface area contributed by atoms with E-state index in [0.717, 1.165) is 77.0 Å². The summed E-state index contributed by atoms with van der Waals surface area (Å²) in [6.45, 7) is 6.49. The van der Waals surface area contributed by atoms with Crippen LogP contribution in [0.4, 0.5) is 0 Å². The topological polar surface area (TPSA) is 78.9 Å². The molecule has 0 radical (unpaired) electrons. The number of carbonyl (C=O) groups is 3. The molecule has 0 saturated heterocycles. The highest BCUT2D eigenvalue weighted by Crippen LogP contribution is 2.16. The summed E-state index contributed by atoms with van der Waals surface area (Å²) in [6, 6.07) is 0. The lowest BCUT2D eigenvalue weighted by atomic mass is 10.0. The first-order chi connectivity index (χ1) is 31.0. The van der Waals surface area contributed by atoms with Gasteiger partial charge in [0.1, 0.15) is 13.2 Å². The van der Waals surface area contributed by atoms with E-state index in [1.807, 2.05) is 0 Å². The van der Waals surface area contributed by atoms with Crippen molar-refractivity contribution in [1.82, 2.24) is 0 Å². The van der Waals surface area contributed by atoms with E-state index in [-0.39, 0.29) is 37.5 Å². The number of allylic oxidation sites excluding steroid dienone is 10. The highest BCUT2D eigenvalue weighted by atomic mass is 16.6. The number of esters is 3. The van der Waals surface area contributed by atoms with Crippen LogP contribution in [-0.4, -0.2) is 37.2 Å². The predicted octanol–water partition coefficient (Wildman–Crippen LogP) is 17.6. The molecule has 0 aromatic carbocycles. The van der Waals surface area contributed by atoms with Gasteiger partial charge in [0, 0.05) is 19.3 Å². The summed E-state index contributed by atoms with van der Waals surface area (Å²) in [7, 11) is 0. The van der Waals surface area contributed by atoms with Gasteiger partial charge in [0.05, 0.1) is 0 Å². The Kier molecular flexibility index (Phi) is 49.4. The molecular weight excluding hydrogens is 781 g/mol. The maximum atomic E-state index is 12.8. The van der Waals surface area contributed by atoms with Crippen LogP contribution in [-0.2, 0) is 28.6 Å². The van der Waals surface area contributed by atoms with Gasteiger partial charge in [0.2, 0.25) is 0 Å². The third-order valence-corrected chi connectivity index (χ3v) is 11.5. The third kappa shape index (κ3) is 50.0. The summed E-state index contributed by atoms with van der Waals surface area (Å²) in [5.41, 5.74) is 0. The minimum Gasteiger partial charge on any atom is -0.462 e. The molecule has 6 heteroatoms. The van der Waals surface area contributed by atoms with Gasteiger partial charge in [-0.1, -0.05) is 248 Å². The minimum atomic E-state index is -0.792. The van der Waals surface area contributed by atoms with Gasteiger partial charge in [-0.15, -0.1) is 0 Å². The Morgan fingerprint density at radius 2 is 0.619 bits per heavy atom. The van der Waals surface area contributed by atoms with Crippen LogP contribution in [0.25, 0.3) is 0 Å². The zero-order chi connectivity index (χ0) is 45.8. The quantitative estimate of drug-likeness (QED) is 0.0262. The molecule has 63 heavy (non-hydrogen) atoms. The number of ether oxygens (including phenoxy) is 3. The second-order valence-electron chi connectivity index (χ2n) is 17.8. The second kappa shape index (κ2) is 51.7. The fourth-order valence-corrected chi connectivity index (χ4v) is 7.54. The highest BCUT2D eigenvalue weighted by molar-refractivity contribution is 5.71. The van der Waals surface area contributed by atoms with Gasteiger partial charge in [-0.2, -0.15) is 0 Å². The molecule has 0 spiro atoms. The first-order valence-electron chi connectivity index (χ1n) is 26.8. The van der Waals surface area contributed by atoms with Crippen LogP contribution in [0.1, 0.15) is 265 Å². The molecule has 0 fully saturated rings. The van der Waals surface area contributed by atoms with E-state index in [1.165, 1.54) is 141 Å². The number of hydrogen-bond acceptors (Lipinski definition) is 6. The lowest BCUT2D eigenvalue weighted by molar-refractivity contribution is -0.167. The van der Waals surface area contributed by atoms with Crippen molar-refractivity contribution in [2.75, 3.05) is 13.2 Å². The summed E-state index contributed by atoms with van der Waals surface area (Å²) in [4.78, 5) is 38.0. The third-order valence-electron chi connectivity index (χ3n) is 11.5. The molecule has 0 aliphatic rings. The molecule has 0 unspecified atom stereocenters. The van der Waals surface area contributed by atoms with Crippen LogP contribution in [0.15, 0.2) is 60.8 Å². The van der Waals surface area contributed by atoms with Crippen LogP contribution in [0.3, 0.4) is 0 Å². The molecule has 6 nitrogen and oxygen atoms in total. The average molecular weight is 881 g/mol. The SMILES string of the molecule is CC/C=C\C/C=C\C/C=C\C/C=C\C/C=C\CCCC(=O)OC[C@@H](COC(=O)CCCCCCCCCCCCC)OC(=O)CCCCCCCCCCCCCCCCCCC. The van der Waals surface area contributed by atoms with E-state index in [1.54, 1.807) is 0 Å². The van der Waals surface area contributed by atoms with Crippen molar-refractivity contribution in [1.29, 1.82) is 0 Å². The number of unbranched alkanes of at least 4 members (excludes halogenated alkanes) is 27. The van der Waals surface area contributed by atoms with Crippen molar-refractivity contribution in [2.45, 2.75) is 271 Å². The number of hydrogen-bond donors (Lipinski definition) is 0. The molecule has 0 bridgehead atoms. The monoisotopic (exact) mass is 881 g/mol. The van der Waals surface area contributed by atoms with Gasteiger partial charge < -0.3 is 14.2 Å².